The molecular weight excluding hydrogens is 405 g/mol. The monoisotopic (exact) mass is 421 g/mol. The van der Waals surface area contributed by atoms with E-state index < -0.39 is 0 Å². The van der Waals surface area contributed by atoms with E-state index in [1.54, 1.807) is 0 Å². The average molecular weight is 422 g/mol. The highest BCUT2D eigenvalue weighted by molar-refractivity contribution is 14.1. The molecule has 1 amide bonds. The third kappa shape index (κ3) is 3.47. The van der Waals surface area contributed by atoms with E-state index in [4.69, 9.17) is 0 Å². The highest BCUT2D eigenvalue weighted by Gasteiger charge is 2.24. The summed E-state index contributed by atoms with van der Waals surface area (Å²) in [6.07, 6.45) is 3.55. The third-order valence-corrected chi connectivity index (χ3v) is 4.83. The Bertz CT molecular complexity index is 422. The lowest BCUT2D eigenvalue weighted by Crippen LogP contribution is -2.40. The van der Waals surface area contributed by atoms with Crippen molar-refractivity contribution in [3.05, 3.63) is 33.4 Å². The van der Waals surface area contributed by atoms with Crippen LogP contribution in [0, 0.1) is 9.49 Å². The molecule has 0 aromatic heterocycles. The number of alkyl halides is 1. The van der Waals surface area contributed by atoms with Crippen molar-refractivity contribution < 1.29 is 4.79 Å². The molecule has 4 heteroatoms. The first-order chi connectivity index (χ1) is 8.72. The molecule has 0 N–H and O–H groups in total. The number of piperidine rings is 1. The van der Waals surface area contributed by atoms with E-state index in [1.165, 1.54) is 6.42 Å². The van der Waals surface area contributed by atoms with Crippen molar-refractivity contribution in [2.45, 2.75) is 19.3 Å². The fraction of sp³-hybridized carbons (Fsp3) is 0.500. The number of carbonyl (C=O) groups excluding carboxylic acids is 1. The molecule has 1 aliphatic heterocycles. The number of rotatable bonds is 3. The van der Waals surface area contributed by atoms with Crippen molar-refractivity contribution in [3.63, 3.8) is 0 Å². The Hall–Kier alpha value is -0.100. The van der Waals surface area contributed by atoms with Crippen molar-refractivity contribution in [1.29, 1.82) is 0 Å². The minimum Gasteiger partial charge on any atom is -0.338 e. The molecule has 0 spiro atoms. The highest BCUT2D eigenvalue weighted by Crippen LogP contribution is 2.23. The molecule has 18 heavy (non-hydrogen) atoms. The summed E-state index contributed by atoms with van der Waals surface area (Å²) in [5.41, 5.74) is 0.845. The van der Waals surface area contributed by atoms with Crippen molar-refractivity contribution in [2.24, 2.45) is 5.92 Å². The maximum absolute atomic E-state index is 12.5. The van der Waals surface area contributed by atoms with Crippen molar-refractivity contribution in [3.8, 4) is 0 Å². The van der Waals surface area contributed by atoms with Crippen LogP contribution in [0.2, 0.25) is 0 Å². The van der Waals surface area contributed by atoms with Gasteiger partial charge in [0, 0.05) is 22.0 Å². The van der Waals surface area contributed by atoms with Gasteiger partial charge in [-0.1, -0.05) is 28.1 Å². The van der Waals surface area contributed by atoms with Gasteiger partial charge in [0.2, 0.25) is 0 Å². The van der Waals surface area contributed by atoms with Gasteiger partial charge in [-0.3, -0.25) is 4.79 Å². The standard InChI is InChI=1S/C14H17BrINO/c15-8-7-11-4-3-9-17(10-11)14(18)12-5-1-2-6-13(12)16/h1-2,5-6,11H,3-4,7-10H2. The van der Waals surface area contributed by atoms with Crippen LogP contribution in [0.4, 0.5) is 0 Å². The fourth-order valence-electron chi connectivity index (χ4n) is 2.44. The lowest BCUT2D eigenvalue weighted by Gasteiger charge is -2.32. The number of hydrogen-bond acceptors (Lipinski definition) is 1. The number of halogens is 2. The Labute approximate surface area is 130 Å². The van der Waals surface area contributed by atoms with Crippen LogP contribution in [-0.2, 0) is 0 Å². The van der Waals surface area contributed by atoms with E-state index in [2.05, 4.69) is 38.5 Å². The van der Waals surface area contributed by atoms with Crippen LogP contribution in [0.3, 0.4) is 0 Å². The van der Waals surface area contributed by atoms with Gasteiger partial charge in [-0.05, 0) is 59.9 Å². The van der Waals surface area contributed by atoms with E-state index in [0.29, 0.717) is 5.92 Å². The molecule has 1 aromatic carbocycles. The van der Waals surface area contributed by atoms with E-state index >= 15 is 0 Å². The first-order valence-corrected chi connectivity index (χ1v) is 8.52. The minimum absolute atomic E-state index is 0.194. The largest absolute Gasteiger partial charge is 0.338 e. The second-order valence-electron chi connectivity index (χ2n) is 4.72. The van der Waals surface area contributed by atoms with Gasteiger partial charge in [-0.25, -0.2) is 0 Å². The van der Waals surface area contributed by atoms with Crippen LogP contribution in [0.25, 0.3) is 0 Å². The molecule has 1 aliphatic rings. The Morgan fingerprint density at radius 3 is 2.94 bits per heavy atom. The summed E-state index contributed by atoms with van der Waals surface area (Å²) in [7, 11) is 0. The van der Waals surface area contributed by atoms with Gasteiger partial charge in [-0.2, -0.15) is 0 Å². The number of amides is 1. The molecule has 1 unspecified atom stereocenters. The third-order valence-electron chi connectivity index (χ3n) is 3.43. The summed E-state index contributed by atoms with van der Waals surface area (Å²) >= 11 is 5.73. The number of nitrogens with zero attached hydrogens (tertiary/aromatic N) is 1. The molecule has 0 radical (unpaired) electrons. The van der Waals surface area contributed by atoms with Gasteiger partial charge in [0.05, 0.1) is 5.56 Å². The molecule has 1 saturated heterocycles. The lowest BCUT2D eigenvalue weighted by molar-refractivity contribution is 0.0671. The summed E-state index contributed by atoms with van der Waals surface area (Å²) in [5, 5.41) is 1.03. The summed E-state index contributed by atoms with van der Waals surface area (Å²) in [5.74, 6) is 0.850. The smallest absolute Gasteiger partial charge is 0.254 e. The molecule has 2 rings (SSSR count). The molecule has 2 nitrogen and oxygen atoms in total. The first kappa shape index (κ1) is 14.3. The van der Waals surface area contributed by atoms with E-state index in [-0.39, 0.29) is 5.91 Å². The molecular formula is C14H17BrINO. The van der Waals surface area contributed by atoms with Gasteiger partial charge in [0.15, 0.2) is 0 Å². The zero-order chi connectivity index (χ0) is 13.0. The van der Waals surface area contributed by atoms with Gasteiger partial charge < -0.3 is 4.90 Å². The van der Waals surface area contributed by atoms with E-state index in [9.17, 15) is 4.79 Å². The Balaban J connectivity index is 2.07. The summed E-state index contributed by atoms with van der Waals surface area (Å²) in [6, 6.07) is 7.84. The molecule has 1 atom stereocenters. The molecule has 1 aromatic rings. The topological polar surface area (TPSA) is 20.3 Å². The van der Waals surface area contributed by atoms with Crippen molar-refractivity contribution >= 4 is 44.4 Å². The normalized spacial score (nSPS) is 19.9. The summed E-state index contributed by atoms with van der Waals surface area (Å²) < 4.78 is 1.04. The molecule has 1 heterocycles. The van der Waals surface area contributed by atoms with Crippen LogP contribution >= 0.6 is 38.5 Å². The molecule has 0 aliphatic carbocycles. The average Bonchev–Trinajstić information content (AvgIpc) is 2.39. The summed E-state index contributed by atoms with van der Waals surface area (Å²) in [4.78, 5) is 14.5. The Kier molecular flexibility index (Phi) is 5.48. The molecule has 98 valence electrons. The fourth-order valence-corrected chi connectivity index (χ4v) is 3.71. The summed E-state index contributed by atoms with van der Waals surface area (Å²) in [6.45, 7) is 1.82. The number of benzene rings is 1. The molecule has 1 fully saturated rings. The molecule has 0 saturated carbocycles. The van der Waals surface area contributed by atoms with Crippen molar-refractivity contribution in [1.82, 2.24) is 4.90 Å². The van der Waals surface area contributed by atoms with Gasteiger partial charge >= 0.3 is 0 Å². The second-order valence-corrected chi connectivity index (χ2v) is 6.67. The predicted molar refractivity (Wildman–Crippen MR) is 86.2 cm³/mol. The van der Waals surface area contributed by atoms with Gasteiger partial charge in [0.1, 0.15) is 0 Å². The SMILES string of the molecule is O=C(c1ccccc1I)N1CCCC(CCBr)C1. The van der Waals surface area contributed by atoms with Crippen LogP contribution < -0.4 is 0 Å². The van der Waals surface area contributed by atoms with E-state index in [1.807, 2.05) is 29.2 Å². The predicted octanol–water partition coefficient (Wildman–Crippen LogP) is 3.93. The lowest BCUT2D eigenvalue weighted by atomic mass is 9.95. The number of hydrogen-bond donors (Lipinski definition) is 0. The number of likely N-dealkylation sites (tertiary alicyclic amines) is 1. The van der Waals surface area contributed by atoms with Crippen LogP contribution in [-0.4, -0.2) is 29.2 Å². The maximum Gasteiger partial charge on any atom is 0.254 e. The zero-order valence-corrected chi connectivity index (χ0v) is 14.0. The zero-order valence-electron chi connectivity index (χ0n) is 10.2. The van der Waals surface area contributed by atoms with Crippen LogP contribution in [0.5, 0.6) is 0 Å². The quantitative estimate of drug-likeness (QED) is 0.534. The van der Waals surface area contributed by atoms with E-state index in [0.717, 1.165) is 40.4 Å². The van der Waals surface area contributed by atoms with Gasteiger partial charge in [0.25, 0.3) is 5.91 Å². The first-order valence-electron chi connectivity index (χ1n) is 6.32. The van der Waals surface area contributed by atoms with Gasteiger partial charge in [-0.15, -0.1) is 0 Å². The molecule has 0 bridgehead atoms. The highest BCUT2D eigenvalue weighted by atomic mass is 127. The second kappa shape index (κ2) is 6.89. The van der Waals surface area contributed by atoms with Crippen LogP contribution in [0.15, 0.2) is 24.3 Å². The van der Waals surface area contributed by atoms with Crippen molar-refractivity contribution in [2.75, 3.05) is 18.4 Å². The Morgan fingerprint density at radius 1 is 1.44 bits per heavy atom. The van der Waals surface area contributed by atoms with Crippen LogP contribution in [0.1, 0.15) is 29.6 Å². The number of carbonyl (C=O) groups is 1. The maximum atomic E-state index is 12.5. The minimum atomic E-state index is 0.194. The Morgan fingerprint density at radius 2 is 2.22 bits per heavy atom.